The lowest BCUT2D eigenvalue weighted by molar-refractivity contribution is 0.292. The number of fused-ring (bicyclic) bond motifs is 1. The van der Waals surface area contributed by atoms with Crippen LogP contribution in [0.15, 0.2) is 48.5 Å². The van der Waals surface area contributed by atoms with E-state index < -0.39 is 0 Å². The van der Waals surface area contributed by atoms with Crippen LogP contribution in [0.4, 0.5) is 0 Å². The molecule has 1 heterocycles. The molecule has 4 nitrogen and oxygen atoms in total. The van der Waals surface area contributed by atoms with Crippen molar-refractivity contribution in [2.24, 2.45) is 0 Å². The van der Waals surface area contributed by atoms with Gasteiger partial charge in [-0.1, -0.05) is 35.0 Å². The second-order valence-electron chi connectivity index (χ2n) is 4.46. The molecular formula is C15H15N3O. The minimum atomic E-state index is 0.580. The van der Waals surface area contributed by atoms with Crippen LogP contribution in [0.5, 0.6) is 5.75 Å². The van der Waals surface area contributed by atoms with Crippen molar-refractivity contribution < 1.29 is 4.74 Å². The van der Waals surface area contributed by atoms with Gasteiger partial charge < -0.3 is 4.74 Å². The molecule has 19 heavy (non-hydrogen) atoms. The van der Waals surface area contributed by atoms with Crippen molar-refractivity contribution in [2.45, 2.75) is 13.5 Å². The van der Waals surface area contributed by atoms with Crippen molar-refractivity contribution in [3.05, 3.63) is 54.1 Å². The quantitative estimate of drug-likeness (QED) is 0.717. The van der Waals surface area contributed by atoms with Gasteiger partial charge in [0.2, 0.25) is 0 Å². The first-order valence-corrected chi connectivity index (χ1v) is 6.30. The molecule has 0 bridgehead atoms. The van der Waals surface area contributed by atoms with Gasteiger partial charge in [-0.2, -0.15) is 0 Å². The summed E-state index contributed by atoms with van der Waals surface area (Å²) in [6, 6.07) is 16.0. The highest BCUT2D eigenvalue weighted by atomic mass is 16.5. The molecule has 0 aliphatic heterocycles. The van der Waals surface area contributed by atoms with Crippen LogP contribution in [0.3, 0.4) is 0 Å². The molecule has 3 aromatic rings. The van der Waals surface area contributed by atoms with E-state index in [1.165, 1.54) is 5.56 Å². The topological polar surface area (TPSA) is 39.9 Å². The fourth-order valence-electron chi connectivity index (χ4n) is 1.97. The molecule has 0 N–H and O–H groups in total. The molecule has 96 valence electrons. The maximum atomic E-state index is 5.69. The molecule has 0 saturated carbocycles. The molecule has 0 fully saturated rings. The minimum Gasteiger partial charge on any atom is -0.492 e. The van der Waals surface area contributed by atoms with E-state index in [1.807, 2.05) is 53.2 Å². The number of aromatic nitrogens is 3. The number of hydrogen-bond acceptors (Lipinski definition) is 3. The molecule has 2 aromatic carbocycles. The van der Waals surface area contributed by atoms with Gasteiger partial charge >= 0.3 is 0 Å². The Bertz CT molecular complexity index is 673. The lowest BCUT2D eigenvalue weighted by Gasteiger charge is -2.06. The van der Waals surface area contributed by atoms with Crippen molar-refractivity contribution in [1.29, 1.82) is 0 Å². The second-order valence-corrected chi connectivity index (χ2v) is 4.46. The van der Waals surface area contributed by atoms with E-state index in [0.717, 1.165) is 16.8 Å². The lowest BCUT2D eigenvalue weighted by atomic mass is 10.2. The van der Waals surface area contributed by atoms with Gasteiger partial charge in [-0.05, 0) is 31.2 Å². The van der Waals surface area contributed by atoms with E-state index in [2.05, 4.69) is 17.2 Å². The maximum Gasteiger partial charge on any atom is 0.119 e. The first-order chi connectivity index (χ1) is 9.33. The standard InChI is InChI=1S/C15H15N3O/c1-12-6-8-13(9-7-12)19-11-10-18-15-5-3-2-4-14(15)16-17-18/h2-9H,10-11H2,1H3. The monoisotopic (exact) mass is 253 g/mol. The van der Waals surface area contributed by atoms with Gasteiger partial charge in [0, 0.05) is 0 Å². The van der Waals surface area contributed by atoms with Crippen LogP contribution in [0.1, 0.15) is 5.56 Å². The van der Waals surface area contributed by atoms with Gasteiger partial charge in [0.15, 0.2) is 0 Å². The van der Waals surface area contributed by atoms with Crippen molar-refractivity contribution >= 4 is 11.0 Å². The van der Waals surface area contributed by atoms with Gasteiger partial charge in [0.05, 0.1) is 12.1 Å². The molecular weight excluding hydrogens is 238 g/mol. The number of aryl methyl sites for hydroxylation is 1. The van der Waals surface area contributed by atoms with Crippen LogP contribution in [0, 0.1) is 6.92 Å². The molecule has 0 saturated heterocycles. The van der Waals surface area contributed by atoms with Gasteiger partial charge in [-0.3, -0.25) is 0 Å². The Hall–Kier alpha value is -2.36. The van der Waals surface area contributed by atoms with Crippen LogP contribution >= 0.6 is 0 Å². The van der Waals surface area contributed by atoms with E-state index in [1.54, 1.807) is 0 Å². The maximum absolute atomic E-state index is 5.69. The fraction of sp³-hybridized carbons (Fsp3) is 0.200. The van der Waals surface area contributed by atoms with E-state index >= 15 is 0 Å². The van der Waals surface area contributed by atoms with Crippen LogP contribution in [-0.2, 0) is 6.54 Å². The highest BCUT2D eigenvalue weighted by Gasteiger charge is 2.02. The SMILES string of the molecule is Cc1ccc(OCCn2nnc3ccccc32)cc1. The van der Waals surface area contributed by atoms with Crippen LogP contribution in [0.25, 0.3) is 11.0 Å². The summed E-state index contributed by atoms with van der Waals surface area (Å²) in [5, 5.41) is 8.24. The summed E-state index contributed by atoms with van der Waals surface area (Å²) in [6.45, 7) is 3.33. The third-order valence-electron chi connectivity index (χ3n) is 3.01. The first kappa shape index (κ1) is 11.7. The summed E-state index contributed by atoms with van der Waals surface area (Å²) in [4.78, 5) is 0. The molecule has 3 rings (SSSR count). The molecule has 0 amide bonds. The van der Waals surface area contributed by atoms with E-state index in [0.29, 0.717) is 13.2 Å². The van der Waals surface area contributed by atoms with Crippen LogP contribution < -0.4 is 4.74 Å². The fourth-order valence-corrected chi connectivity index (χ4v) is 1.97. The molecule has 1 aromatic heterocycles. The second kappa shape index (κ2) is 5.10. The largest absolute Gasteiger partial charge is 0.492 e. The zero-order valence-corrected chi connectivity index (χ0v) is 10.8. The Labute approximate surface area is 111 Å². The molecule has 0 unspecified atom stereocenters. The normalized spacial score (nSPS) is 10.8. The summed E-state index contributed by atoms with van der Waals surface area (Å²) in [6.07, 6.45) is 0. The van der Waals surface area contributed by atoms with Gasteiger partial charge in [-0.15, -0.1) is 5.10 Å². The first-order valence-electron chi connectivity index (χ1n) is 6.30. The molecule has 0 radical (unpaired) electrons. The molecule has 4 heteroatoms. The molecule has 0 aliphatic carbocycles. The zero-order chi connectivity index (χ0) is 13.1. The van der Waals surface area contributed by atoms with Crippen LogP contribution in [0.2, 0.25) is 0 Å². The van der Waals surface area contributed by atoms with Gasteiger partial charge in [0.1, 0.15) is 17.9 Å². The number of benzene rings is 2. The molecule has 0 aliphatic rings. The summed E-state index contributed by atoms with van der Waals surface area (Å²) in [7, 11) is 0. The van der Waals surface area contributed by atoms with E-state index in [-0.39, 0.29) is 0 Å². The van der Waals surface area contributed by atoms with Crippen molar-refractivity contribution in [3.8, 4) is 5.75 Å². The highest BCUT2D eigenvalue weighted by Crippen LogP contribution is 2.12. The summed E-state index contributed by atoms with van der Waals surface area (Å²) < 4.78 is 7.56. The summed E-state index contributed by atoms with van der Waals surface area (Å²) in [5.74, 6) is 0.884. The molecule has 0 atom stereocenters. The zero-order valence-electron chi connectivity index (χ0n) is 10.8. The number of ether oxygens (including phenoxy) is 1. The Morgan fingerprint density at radius 3 is 2.68 bits per heavy atom. The minimum absolute atomic E-state index is 0.580. The number of nitrogens with zero attached hydrogens (tertiary/aromatic N) is 3. The summed E-state index contributed by atoms with van der Waals surface area (Å²) >= 11 is 0. The average molecular weight is 253 g/mol. The Kier molecular flexibility index (Phi) is 3.14. The molecule has 0 spiro atoms. The predicted octanol–water partition coefficient (Wildman–Crippen LogP) is 2.82. The smallest absolute Gasteiger partial charge is 0.119 e. The van der Waals surface area contributed by atoms with Crippen molar-refractivity contribution in [1.82, 2.24) is 15.0 Å². The lowest BCUT2D eigenvalue weighted by Crippen LogP contribution is -2.09. The highest BCUT2D eigenvalue weighted by molar-refractivity contribution is 5.73. The van der Waals surface area contributed by atoms with Gasteiger partial charge in [0.25, 0.3) is 0 Å². The Morgan fingerprint density at radius 2 is 1.84 bits per heavy atom. The third kappa shape index (κ3) is 2.57. The third-order valence-corrected chi connectivity index (χ3v) is 3.01. The predicted molar refractivity (Wildman–Crippen MR) is 74.2 cm³/mol. The number of hydrogen-bond donors (Lipinski definition) is 0. The summed E-state index contributed by atoms with van der Waals surface area (Å²) in [5.41, 5.74) is 3.18. The van der Waals surface area contributed by atoms with E-state index in [4.69, 9.17) is 4.74 Å². The number of rotatable bonds is 4. The van der Waals surface area contributed by atoms with Gasteiger partial charge in [-0.25, -0.2) is 4.68 Å². The Morgan fingerprint density at radius 1 is 1.05 bits per heavy atom. The van der Waals surface area contributed by atoms with E-state index in [9.17, 15) is 0 Å². The van der Waals surface area contributed by atoms with Crippen molar-refractivity contribution in [2.75, 3.05) is 6.61 Å². The number of para-hydroxylation sites is 1. The Balaban J connectivity index is 1.65. The van der Waals surface area contributed by atoms with Crippen LogP contribution in [-0.4, -0.2) is 21.6 Å². The van der Waals surface area contributed by atoms with Crippen molar-refractivity contribution in [3.63, 3.8) is 0 Å². The average Bonchev–Trinajstić information content (AvgIpc) is 2.85.